The molecule has 0 fully saturated rings. The molecule has 0 unspecified atom stereocenters. The fourth-order valence-corrected chi connectivity index (χ4v) is 2.85. The van der Waals surface area contributed by atoms with E-state index in [1.54, 1.807) is 6.20 Å². The summed E-state index contributed by atoms with van der Waals surface area (Å²) in [5, 5.41) is 5.45. The summed E-state index contributed by atoms with van der Waals surface area (Å²) in [5.74, 6) is 0.685. The van der Waals surface area contributed by atoms with Crippen molar-refractivity contribution in [3.8, 4) is 11.3 Å². The largest absolute Gasteiger partial charge is 0.441 e. The van der Waals surface area contributed by atoms with Gasteiger partial charge in [-0.15, -0.1) is 0 Å². The summed E-state index contributed by atoms with van der Waals surface area (Å²) in [6.07, 6.45) is 2.23. The number of benzene rings is 2. The zero-order chi connectivity index (χ0) is 20.8. The second-order valence-corrected chi connectivity index (χ2v) is 7.06. The van der Waals surface area contributed by atoms with Crippen LogP contribution in [-0.2, 0) is 16.0 Å². The molecular formula is C23H25N3O3. The normalized spacial score (nSPS) is 10.6. The third-order valence-electron chi connectivity index (χ3n) is 4.78. The molecule has 2 aromatic carbocycles. The van der Waals surface area contributed by atoms with Crippen molar-refractivity contribution in [2.45, 2.75) is 33.6 Å². The molecule has 0 aliphatic rings. The first-order valence-corrected chi connectivity index (χ1v) is 9.57. The molecule has 0 radical (unpaired) electrons. The second-order valence-electron chi connectivity index (χ2n) is 7.06. The van der Waals surface area contributed by atoms with Gasteiger partial charge in [0, 0.05) is 24.1 Å². The van der Waals surface area contributed by atoms with Crippen LogP contribution in [0.1, 0.15) is 29.0 Å². The highest BCUT2D eigenvalue weighted by atomic mass is 16.4. The number of oxazole rings is 1. The summed E-state index contributed by atoms with van der Waals surface area (Å²) in [4.78, 5) is 28.4. The van der Waals surface area contributed by atoms with Crippen molar-refractivity contribution >= 4 is 17.5 Å². The minimum Gasteiger partial charge on any atom is -0.441 e. The molecule has 1 aromatic heterocycles. The molecule has 1 heterocycles. The number of hydrogen-bond acceptors (Lipinski definition) is 4. The highest BCUT2D eigenvalue weighted by Crippen LogP contribution is 2.21. The number of nitrogens with one attached hydrogen (secondary N) is 2. The van der Waals surface area contributed by atoms with E-state index in [2.05, 4.69) is 15.6 Å². The number of amides is 2. The van der Waals surface area contributed by atoms with E-state index < -0.39 is 0 Å². The first-order chi connectivity index (χ1) is 13.9. The van der Waals surface area contributed by atoms with Crippen LogP contribution in [0.2, 0.25) is 0 Å². The maximum Gasteiger partial charge on any atom is 0.243 e. The van der Waals surface area contributed by atoms with Crippen molar-refractivity contribution in [3.63, 3.8) is 0 Å². The van der Waals surface area contributed by atoms with Crippen LogP contribution < -0.4 is 10.6 Å². The number of carbonyl (C=O) groups is 2. The molecule has 6 nitrogen and oxygen atoms in total. The molecule has 0 atom stereocenters. The number of aromatic nitrogens is 1. The topological polar surface area (TPSA) is 84.2 Å². The summed E-state index contributed by atoms with van der Waals surface area (Å²) in [7, 11) is 0. The van der Waals surface area contributed by atoms with Gasteiger partial charge >= 0.3 is 0 Å². The molecule has 150 valence electrons. The highest BCUT2D eigenvalue weighted by molar-refractivity contribution is 5.95. The van der Waals surface area contributed by atoms with Crippen LogP contribution in [0.15, 0.2) is 53.1 Å². The molecule has 0 aliphatic carbocycles. The molecule has 6 heteroatoms. The molecule has 3 aromatic rings. The SMILES string of the molecule is Cc1ccc(-c2cnc(CCC(=O)NCC(=O)Nc3cccc(C)c3C)o2)cc1. The summed E-state index contributed by atoms with van der Waals surface area (Å²) in [6, 6.07) is 13.7. The molecule has 0 aliphatic heterocycles. The first kappa shape index (κ1) is 20.3. The van der Waals surface area contributed by atoms with Gasteiger partial charge < -0.3 is 15.1 Å². The number of anilines is 1. The second kappa shape index (κ2) is 9.19. The van der Waals surface area contributed by atoms with Gasteiger partial charge in [0.05, 0.1) is 12.7 Å². The molecule has 2 amide bonds. The van der Waals surface area contributed by atoms with E-state index in [0.717, 1.165) is 22.4 Å². The van der Waals surface area contributed by atoms with Crippen LogP contribution in [0.5, 0.6) is 0 Å². The molecule has 3 rings (SSSR count). The molecule has 0 saturated heterocycles. The predicted molar refractivity (Wildman–Crippen MR) is 113 cm³/mol. The third-order valence-corrected chi connectivity index (χ3v) is 4.78. The highest BCUT2D eigenvalue weighted by Gasteiger charge is 2.11. The Labute approximate surface area is 170 Å². The van der Waals surface area contributed by atoms with Crippen LogP contribution in [0.3, 0.4) is 0 Å². The summed E-state index contributed by atoms with van der Waals surface area (Å²) >= 11 is 0. The van der Waals surface area contributed by atoms with Crippen molar-refractivity contribution in [3.05, 3.63) is 71.2 Å². The van der Waals surface area contributed by atoms with Gasteiger partial charge in [0.1, 0.15) is 0 Å². The van der Waals surface area contributed by atoms with Crippen LogP contribution in [0.25, 0.3) is 11.3 Å². The van der Waals surface area contributed by atoms with Gasteiger partial charge in [0.25, 0.3) is 0 Å². The van der Waals surface area contributed by atoms with E-state index >= 15 is 0 Å². The minimum atomic E-state index is -0.259. The lowest BCUT2D eigenvalue weighted by Crippen LogP contribution is -2.33. The van der Waals surface area contributed by atoms with Crippen molar-refractivity contribution in [2.75, 3.05) is 11.9 Å². The summed E-state index contributed by atoms with van der Waals surface area (Å²) < 4.78 is 5.72. The first-order valence-electron chi connectivity index (χ1n) is 9.57. The summed E-state index contributed by atoms with van der Waals surface area (Å²) in [6.45, 7) is 5.88. The van der Waals surface area contributed by atoms with Gasteiger partial charge in [-0.05, 0) is 38.0 Å². The number of carbonyl (C=O) groups excluding carboxylic acids is 2. The average molecular weight is 391 g/mol. The predicted octanol–water partition coefficient (Wildman–Crippen LogP) is 3.95. The molecule has 29 heavy (non-hydrogen) atoms. The smallest absolute Gasteiger partial charge is 0.243 e. The van der Waals surface area contributed by atoms with Gasteiger partial charge in [-0.25, -0.2) is 4.98 Å². The molecular weight excluding hydrogens is 366 g/mol. The van der Waals surface area contributed by atoms with Gasteiger partial charge in [-0.3, -0.25) is 9.59 Å². The molecule has 2 N–H and O–H groups in total. The Morgan fingerprint density at radius 1 is 1.00 bits per heavy atom. The van der Waals surface area contributed by atoms with Crippen molar-refractivity contribution in [1.29, 1.82) is 0 Å². The van der Waals surface area contributed by atoms with Crippen LogP contribution in [-0.4, -0.2) is 23.3 Å². The fourth-order valence-electron chi connectivity index (χ4n) is 2.85. The van der Waals surface area contributed by atoms with E-state index in [-0.39, 0.29) is 24.8 Å². The van der Waals surface area contributed by atoms with Crippen LogP contribution in [0, 0.1) is 20.8 Å². The monoisotopic (exact) mass is 391 g/mol. The number of hydrogen-bond donors (Lipinski definition) is 2. The van der Waals surface area contributed by atoms with Crippen LogP contribution >= 0.6 is 0 Å². The van der Waals surface area contributed by atoms with Gasteiger partial charge in [-0.2, -0.15) is 0 Å². The van der Waals surface area contributed by atoms with Crippen LogP contribution in [0.4, 0.5) is 5.69 Å². The van der Waals surface area contributed by atoms with Crippen molar-refractivity contribution in [2.24, 2.45) is 0 Å². The maximum atomic E-state index is 12.1. The van der Waals surface area contributed by atoms with E-state index in [1.165, 1.54) is 5.56 Å². The Morgan fingerprint density at radius 3 is 2.52 bits per heavy atom. The third kappa shape index (κ3) is 5.54. The summed E-state index contributed by atoms with van der Waals surface area (Å²) in [5.41, 5.74) is 4.99. The number of aryl methyl sites for hydroxylation is 3. The van der Waals surface area contributed by atoms with E-state index in [1.807, 2.05) is 63.2 Å². The molecule has 0 spiro atoms. The lowest BCUT2D eigenvalue weighted by molar-refractivity contribution is -0.124. The number of nitrogens with zero attached hydrogens (tertiary/aromatic N) is 1. The van der Waals surface area contributed by atoms with Crippen molar-refractivity contribution < 1.29 is 14.0 Å². The lowest BCUT2D eigenvalue weighted by Gasteiger charge is -2.10. The lowest BCUT2D eigenvalue weighted by atomic mass is 10.1. The molecule has 0 bridgehead atoms. The van der Waals surface area contributed by atoms with E-state index in [4.69, 9.17) is 4.42 Å². The zero-order valence-corrected chi connectivity index (χ0v) is 16.9. The Kier molecular flexibility index (Phi) is 6.44. The Balaban J connectivity index is 1.45. The van der Waals surface area contributed by atoms with E-state index in [0.29, 0.717) is 18.1 Å². The zero-order valence-electron chi connectivity index (χ0n) is 16.9. The van der Waals surface area contributed by atoms with Crippen molar-refractivity contribution in [1.82, 2.24) is 10.3 Å². The fraction of sp³-hybridized carbons (Fsp3) is 0.261. The average Bonchev–Trinajstić information content (AvgIpc) is 3.18. The Hall–Kier alpha value is -3.41. The van der Waals surface area contributed by atoms with Gasteiger partial charge in [-0.1, -0.05) is 42.0 Å². The molecule has 0 saturated carbocycles. The maximum absolute atomic E-state index is 12.1. The Morgan fingerprint density at radius 2 is 1.76 bits per heavy atom. The minimum absolute atomic E-state index is 0.0770. The standard InChI is InChI=1S/C23H25N3O3/c1-15-7-9-18(10-8-15)20-13-25-23(29-20)12-11-21(27)24-14-22(28)26-19-6-4-5-16(2)17(19)3/h4-10,13H,11-12,14H2,1-3H3,(H,24,27)(H,26,28). The quantitative estimate of drug-likeness (QED) is 0.639. The van der Waals surface area contributed by atoms with E-state index in [9.17, 15) is 9.59 Å². The Bertz CT molecular complexity index is 1010. The van der Waals surface area contributed by atoms with Gasteiger partial charge in [0.15, 0.2) is 11.7 Å². The number of rotatable bonds is 7. The van der Waals surface area contributed by atoms with Gasteiger partial charge in [0.2, 0.25) is 11.8 Å².